The van der Waals surface area contributed by atoms with Crippen LogP contribution in [0.1, 0.15) is 27.7 Å². The molecule has 122 valence electrons. The molecule has 0 rings (SSSR count). The summed E-state index contributed by atoms with van der Waals surface area (Å²) in [5.41, 5.74) is -0.823. The predicted molar refractivity (Wildman–Crippen MR) is 67.3 cm³/mol. The van der Waals surface area contributed by atoms with Gasteiger partial charge < -0.3 is 15.3 Å². The SMILES string of the molecule is CC(NC(=O)C(C)(C)C)C(=O)N(CC(=O)O)CC(F)(F)F. The Morgan fingerprint density at radius 2 is 1.67 bits per heavy atom. The molecule has 6 nitrogen and oxygen atoms in total. The van der Waals surface area contributed by atoms with Gasteiger partial charge in [0.05, 0.1) is 0 Å². The zero-order valence-electron chi connectivity index (χ0n) is 12.2. The van der Waals surface area contributed by atoms with Gasteiger partial charge in [-0.15, -0.1) is 0 Å². The molecule has 1 unspecified atom stereocenters. The number of carboxylic acid groups (broad SMARTS) is 1. The monoisotopic (exact) mass is 312 g/mol. The van der Waals surface area contributed by atoms with E-state index in [2.05, 4.69) is 5.32 Å². The van der Waals surface area contributed by atoms with Crippen LogP contribution >= 0.6 is 0 Å². The Bertz CT molecular complexity index is 416. The van der Waals surface area contributed by atoms with Crippen LogP contribution in [0.3, 0.4) is 0 Å². The first-order valence-corrected chi connectivity index (χ1v) is 6.12. The second kappa shape index (κ2) is 6.77. The summed E-state index contributed by atoms with van der Waals surface area (Å²) in [6, 6.07) is -1.25. The molecule has 0 saturated heterocycles. The van der Waals surface area contributed by atoms with Crippen molar-refractivity contribution in [2.24, 2.45) is 5.41 Å². The number of hydrogen-bond acceptors (Lipinski definition) is 3. The maximum absolute atomic E-state index is 12.4. The van der Waals surface area contributed by atoms with Gasteiger partial charge in [-0.05, 0) is 6.92 Å². The summed E-state index contributed by atoms with van der Waals surface area (Å²) in [7, 11) is 0. The van der Waals surface area contributed by atoms with Crippen LogP contribution < -0.4 is 5.32 Å². The summed E-state index contributed by atoms with van der Waals surface area (Å²) in [6.07, 6.45) is -4.72. The van der Waals surface area contributed by atoms with Crippen molar-refractivity contribution in [3.05, 3.63) is 0 Å². The van der Waals surface area contributed by atoms with Crippen molar-refractivity contribution in [2.45, 2.75) is 39.9 Å². The largest absolute Gasteiger partial charge is 0.480 e. The molecule has 9 heteroatoms. The van der Waals surface area contributed by atoms with E-state index in [1.807, 2.05) is 0 Å². The van der Waals surface area contributed by atoms with Crippen LogP contribution in [0.15, 0.2) is 0 Å². The van der Waals surface area contributed by atoms with Crippen molar-refractivity contribution in [3.63, 3.8) is 0 Å². The van der Waals surface area contributed by atoms with Crippen LogP contribution in [-0.4, -0.2) is 53.1 Å². The molecule has 2 amide bonds. The molecule has 0 aromatic heterocycles. The molecule has 0 aromatic carbocycles. The lowest BCUT2D eigenvalue weighted by Crippen LogP contribution is -2.52. The number of aliphatic carboxylic acids is 1. The normalized spacial score (nSPS) is 13.5. The smallest absolute Gasteiger partial charge is 0.406 e. The number of alkyl halides is 3. The number of nitrogens with zero attached hydrogens (tertiary/aromatic N) is 1. The van der Waals surface area contributed by atoms with E-state index in [0.717, 1.165) is 0 Å². The van der Waals surface area contributed by atoms with E-state index in [1.165, 1.54) is 6.92 Å². The highest BCUT2D eigenvalue weighted by molar-refractivity contribution is 5.90. The number of carbonyl (C=O) groups is 3. The Balaban J connectivity index is 4.94. The molecule has 0 bridgehead atoms. The molecular weight excluding hydrogens is 293 g/mol. The van der Waals surface area contributed by atoms with Crippen LogP contribution in [0.4, 0.5) is 13.2 Å². The fraction of sp³-hybridized carbons (Fsp3) is 0.750. The highest BCUT2D eigenvalue weighted by atomic mass is 19.4. The molecule has 0 aliphatic heterocycles. The Labute approximate surface area is 120 Å². The zero-order valence-corrected chi connectivity index (χ0v) is 12.2. The number of carboxylic acids is 1. The fourth-order valence-corrected chi connectivity index (χ4v) is 1.34. The molecule has 0 aliphatic rings. The van der Waals surface area contributed by atoms with Gasteiger partial charge in [0.2, 0.25) is 11.8 Å². The van der Waals surface area contributed by atoms with Crippen molar-refractivity contribution in [1.29, 1.82) is 0 Å². The molecular formula is C12H19F3N2O4. The molecule has 0 spiro atoms. The Hall–Kier alpha value is -1.80. The van der Waals surface area contributed by atoms with E-state index < -0.39 is 48.5 Å². The van der Waals surface area contributed by atoms with Crippen LogP contribution in [0.2, 0.25) is 0 Å². The second-order valence-electron chi connectivity index (χ2n) is 5.65. The van der Waals surface area contributed by atoms with Crippen LogP contribution in [0.5, 0.6) is 0 Å². The number of halogens is 3. The van der Waals surface area contributed by atoms with E-state index in [4.69, 9.17) is 5.11 Å². The van der Waals surface area contributed by atoms with Gasteiger partial charge in [-0.25, -0.2) is 0 Å². The highest BCUT2D eigenvalue weighted by Gasteiger charge is 2.36. The lowest BCUT2D eigenvalue weighted by atomic mass is 9.95. The molecule has 0 saturated carbocycles. The quantitative estimate of drug-likeness (QED) is 0.793. The molecule has 1 atom stereocenters. The first-order chi connectivity index (χ1) is 9.24. The number of amides is 2. The van der Waals surface area contributed by atoms with Gasteiger partial charge >= 0.3 is 12.1 Å². The average molecular weight is 312 g/mol. The third-order valence-corrected chi connectivity index (χ3v) is 2.41. The zero-order chi connectivity index (χ0) is 17.0. The lowest BCUT2D eigenvalue weighted by Gasteiger charge is -2.27. The molecule has 21 heavy (non-hydrogen) atoms. The summed E-state index contributed by atoms with van der Waals surface area (Å²) in [4.78, 5) is 34.3. The predicted octanol–water partition coefficient (Wildman–Crippen LogP) is 1.01. The molecule has 2 N–H and O–H groups in total. The minimum absolute atomic E-state index is 0.149. The van der Waals surface area contributed by atoms with Crippen molar-refractivity contribution in [2.75, 3.05) is 13.1 Å². The van der Waals surface area contributed by atoms with Gasteiger partial charge in [-0.2, -0.15) is 13.2 Å². The van der Waals surface area contributed by atoms with Gasteiger partial charge in [0.1, 0.15) is 19.1 Å². The number of hydrogen-bond donors (Lipinski definition) is 2. The Morgan fingerprint density at radius 1 is 1.19 bits per heavy atom. The maximum Gasteiger partial charge on any atom is 0.406 e. The van der Waals surface area contributed by atoms with E-state index in [9.17, 15) is 27.6 Å². The summed E-state index contributed by atoms with van der Waals surface area (Å²) < 4.78 is 37.1. The minimum Gasteiger partial charge on any atom is -0.480 e. The number of rotatable bonds is 5. The number of carbonyl (C=O) groups excluding carboxylic acids is 2. The Kier molecular flexibility index (Phi) is 6.19. The van der Waals surface area contributed by atoms with Crippen LogP contribution in [-0.2, 0) is 14.4 Å². The average Bonchev–Trinajstić information content (AvgIpc) is 2.22. The fourth-order valence-electron chi connectivity index (χ4n) is 1.34. The third kappa shape index (κ3) is 7.52. The molecule has 0 radical (unpaired) electrons. The van der Waals surface area contributed by atoms with E-state index >= 15 is 0 Å². The summed E-state index contributed by atoms with van der Waals surface area (Å²) in [5, 5.41) is 10.8. The van der Waals surface area contributed by atoms with Crippen molar-refractivity contribution < 1.29 is 32.7 Å². The third-order valence-electron chi connectivity index (χ3n) is 2.41. The van der Waals surface area contributed by atoms with Gasteiger partial charge in [-0.3, -0.25) is 14.4 Å². The molecule has 0 aromatic rings. The minimum atomic E-state index is -4.72. The topological polar surface area (TPSA) is 86.7 Å². The summed E-state index contributed by atoms with van der Waals surface area (Å²) in [6.45, 7) is 3.15. The first-order valence-electron chi connectivity index (χ1n) is 6.12. The van der Waals surface area contributed by atoms with Gasteiger partial charge in [0.25, 0.3) is 0 Å². The van der Waals surface area contributed by atoms with Crippen molar-refractivity contribution in [3.8, 4) is 0 Å². The standard InChI is InChI=1S/C12H19F3N2O4/c1-7(16-10(21)11(2,3)4)9(20)17(5-8(18)19)6-12(13,14)15/h7H,5-6H2,1-4H3,(H,16,21)(H,18,19). The maximum atomic E-state index is 12.4. The van der Waals surface area contributed by atoms with Crippen LogP contribution in [0.25, 0.3) is 0 Å². The van der Waals surface area contributed by atoms with E-state index in [0.29, 0.717) is 0 Å². The first kappa shape index (κ1) is 19.2. The second-order valence-corrected chi connectivity index (χ2v) is 5.65. The summed E-state index contributed by atoms with van der Waals surface area (Å²) in [5.74, 6) is -3.19. The van der Waals surface area contributed by atoms with Crippen molar-refractivity contribution in [1.82, 2.24) is 10.2 Å². The van der Waals surface area contributed by atoms with E-state index in [-0.39, 0.29) is 4.90 Å². The van der Waals surface area contributed by atoms with Gasteiger partial charge in [-0.1, -0.05) is 20.8 Å². The lowest BCUT2D eigenvalue weighted by molar-refractivity contribution is -0.166. The molecule has 0 aliphatic carbocycles. The van der Waals surface area contributed by atoms with E-state index in [1.54, 1.807) is 20.8 Å². The summed E-state index contributed by atoms with van der Waals surface area (Å²) >= 11 is 0. The molecule has 0 heterocycles. The van der Waals surface area contributed by atoms with Gasteiger partial charge in [0.15, 0.2) is 0 Å². The highest BCUT2D eigenvalue weighted by Crippen LogP contribution is 2.17. The van der Waals surface area contributed by atoms with Crippen molar-refractivity contribution >= 4 is 17.8 Å². The van der Waals surface area contributed by atoms with Crippen LogP contribution in [0, 0.1) is 5.41 Å². The molecule has 0 fully saturated rings. The number of nitrogens with one attached hydrogen (secondary N) is 1. The van der Waals surface area contributed by atoms with Gasteiger partial charge in [0, 0.05) is 5.41 Å². The Morgan fingerprint density at radius 3 is 2.00 bits per heavy atom.